The minimum atomic E-state index is 0.0459. The van der Waals surface area contributed by atoms with Gasteiger partial charge in [-0.05, 0) is 29.0 Å². The molecule has 3 nitrogen and oxygen atoms in total. The van der Waals surface area contributed by atoms with Gasteiger partial charge in [-0.2, -0.15) is 5.26 Å². The molecule has 1 aliphatic heterocycles. The van der Waals surface area contributed by atoms with Gasteiger partial charge in [0.15, 0.2) is 0 Å². The number of nitriles is 1. The normalized spacial score (nSPS) is 15.1. The second-order valence-corrected chi connectivity index (χ2v) is 6.07. The van der Waals surface area contributed by atoms with E-state index in [0.29, 0.717) is 13.0 Å². The smallest absolute Gasteiger partial charge is 0.254 e. The van der Waals surface area contributed by atoms with Crippen LogP contribution in [0.3, 0.4) is 0 Å². The van der Waals surface area contributed by atoms with Crippen LogP contribution < -0.4 is 0 Å². The van der Waals surface area contributed by atoms with Crippen molar-refractivity contribution in [3.05, 3.63) is 34.9 Å². The Morgan fingerprint density at radius 3 is 2.74 bits per heavy atom. The van der Waals surface area contributed by atoms with Crippen LogP contribution in [0.5, 0.6) is 0 Å². The molecule has 0 spiro atoms. The SMILES string of the molecule is CC(C)(C)c1ccc2c(c1)C(=O)N(CCC#N)CC2. The van der Waals surface area contributed by atoms with Gasteiger partial charge in [-0.3, -0.25) is 4.79 Å². The standard InChI is InChI=1S/C16H20N2O/c1-16(2,3)13-6-5-12-7-10-18(9-4-8-17)15(19)14(12)11-13/h5-6,11H,4,7,9-10H2,1-3H3. The molecule has 19 heavy (non-hydrogen) atoms. The molecule has 1 aromatic rings. The first-order chi connectivity index (χ1) is 8.93. The fourth-order valence-electron chi connectivity index (χ4n) is 2.39. The van der Waals surface area contributed by atoms with Crippen molar-refractivity contribution in [2.24, 2.45) is 0 Å². The number of nitrogens with zero attached hydrogens (tertiary/aromatic N) is 2. The summed E-state index contributed by atoms with van der Waals surface area (Å²) in [5.41, 5.74) is 3.18. The third kappa shape index (κ3) is 2.78. The lowest BCUT2D eigenvalue weighted by atomic mass is 9.84. The molecule has 1 aliphatic rings. The molecule has 1 amide bonds. The number of carbonyl (C=O) groups excluding carboxylic acids is 1. The average molecular weight is 256 g/mol. The number of fused-ring (bicyclic) bond motifs is 1. The zero-order chi connectivity index (χ0) is 14.0. The third-order valence-electron chi connectivity index (χ3n) is 3.64. The van der Waals surface area contributed by atoms with Gasteiger partial charge in [0.25, 0.3) is 5.91 Å². The highest BCUT2D eigenvalue weighted by molar-refractivity contribution is 5.97. The largest absolute Gasteiger partial charge is 0.337 e. The van der Waals surface area contributed by atoms with Crippen molar-refractivity contribution in [1.82, 2.24) is 4.90 Å². The summed E-state index contributed by atoms with van der Waals surface area (Å²) in [6.45, 7) is 7.71. The van der Waals surface area contributed by atoms with Crippen molar-refractivity contribution < 1.29 is 4.79 Å². The van der Waals surface area contributed by atoms with Crippen LogP contribution in [0.15, 0.2) is 18.2 Å². The first-order valence-electron chi connectivity index (χ1n) is 6.73. The van der Waals surface area contributed by atoms with E-state index < -0.39 is 0 Å². The van der Waals surface area contributed by atoms with Gasteiger partial charge in [0.05, 0.1) is 12.5 Å². The molecule has 0 radical (unpaired) electrons. The second kappa shape index (κ2) is 5.05. The molecule has 2 rings (SSSR count). The van der Waals surface area contributed by atoms with E-state index in [1.165, 1.54) is 5.56 Å². The molecule has 3 heteroatoms. The summed E-state index contributed by atoms with van der Waals surface area (Å²) in [7, 11) is 0. The predicted molar refractivity (Wildman–Crippen MR) is 75.0 cm³/mol. The maximum absolute atomic E-state index is 12.4. The molecule has 0 fully saturated rings. The number of hydrogen-bond donors (Lipinski definition) is 0. The van der Waals surface area contributed by atoms with E-state index in [1.807, 2.05) is 6.07 Å². The van der Waals surface area contributed by atoms with Crippen molar-refractivity contribution in [2.75, 3.05) is 13.1 Å². The highest BCUT2D eigenvalue weighted by Gasteiger charge is 2.25. The van der Waals surface area contributed by atoms with Gasteiger partial charge in [-0.15, -0.1) is 0 Å². The van der Waals surface area contributed by atoms with Gasteiger partial charge in [0, 0.05) is 18.7 Å². The molecule has 0 saturated heterocycles. The van der Waals surface area contributed by atoms with Gasteiger partial charge in [-0.25, -0.2) is 0 Å². The van der Waals surface area contributed by atoms with Crippen molar-refractivity contribution in [3.8, 4) is 6.07 Å². The van der Waals surface area contributed by atoms with Crippen LogP contribution >= 0.6 is 0 Å². The average Bonchev–Trinajstić information content (AvgIpc) is 2.37. The molecule has 0 atom stereocenters. The molecule has 1 heterocycles. The second-order valence-electron chi connectivity index (χ2n) is 6.07. The van der Waals surface area contributed by atoms with E-state index in [4.69, 9.17) is 5.26 Å². The Kier molecular flexibility index (Phi) is 3.61. The molecular formula is C16H20N2O. The van der Waals surface area contributed by atoms with Gasteiger partial charge in [-0.1, -0.05) is 32.9 Å². The van der Waals surface area contributed by atoms with Gasteiger partial charge in [0.1, 0.15) is 0 Å². The summed E-state index contributed by atoms with van der Waals surface area (Å²) >= 11 is 0. The molecule has 0 unspecified atom stereocenters. The molecule has 100 valence electrons. The summed E-state index contributed by atoms with van der Waals surface area (Å²) in [5, 5.41) is 8.64. The quantitative estimate of drug-likeness (QED) is 0.816. The number of hydrogen-bond acceptors (Lipinski definition) is 2. The number of benzene rings is 1. The number of amides is 1. The Hall–Kier alpha value is -1.82. The summed E-state index contributed by atoms with van der Waals surface area (Å²) in [6, 6.07) is 8.33. The van der Waals surface area contributed by atoms with E-state index in [9.17, 15) is 4.79 Å². The van der Waals surface area contributed by atoms with Crippen LogP contribution in [0, 0.1) is 11.3 Å². The number of rotatable bonds is 2. The first kappa shape index (κ1) is 13.6. The highest BCUT2D eigenvalue weighted by atomic mass is 16.2. The molecule has 0 saturated carbocycles. The molecule has 1 aromatic carbocycles. The van der Waals surface area contributed by atoms with Crippen LogP contribution in [0.4, 0.5) is 0 Å². The number of carbonyl (C=O) groups is 1. The lowest BCUT2D eigenvalue weighted by Gasteiger charge is -2.29. The maximum atomic E-state index is 12.4. The van der Waals surface area contributed by atoms with Gasteiger partial charge < -0.3 is 4.90 Å². The summed E-state index contributed by atoms with van der Waals surface area (Å²) in [6.07, 6.45) is 1.29. The van der Waals surface area contributed by atoms with E-state index >= 15 is 0 Å². The summed E-state index contributed by atoms with van der Waals surface area (Å²) < 4.78 is 0. The molecular weight excluding hydrogens is 236 g/mol. The van der Waals surface area contributed by atoms with Crippen molar-refractivity contribution >= 4 is 5.91 Å². The topological polar surface area (TPSA) is 44.1 Å². The highest BCUT2D eigenvalue weighted by Crippen LogP contribution is 2.27. The van der Waals surface area contributed by atoms with Gasteiger partial charge >= 0.3 is 0 Å². The van der Waals surface area contributed by atoms with E-state index in [-0.39, 0.29) is 11.3 Å². The fraction of sp³-hybridized carbons (Fsp3) is 0.500. The first-order valence-corrected chi connectivity index (χ1v) is 6.73. The Bertz CT molecular complexity index is 535. The monoisotopic (exact) mass is 256 g/mol. The summed E-state index contributed by atoms with van der Waals surface area (Å²) in [5.74, 6) is 0.0719. The lowest BCUT2D eigenvalue weighted by Crippen LogP contribution is -2.38. The van der Waals surface area contributed by atoms with Crippen LogP contribution in [0.2, 0.25) is 0 Å². The van der Waals surface area contributed by atoms with E-state index in [0.717, 1.165) is 24.1 Å². The Morgan fingerprint density at radius 1 is 1.37 bits per heavy atom. The zero-order valence-electron chi connectivity index (χ0n) is 11.9. The van der Waals surface area contributed by atoms with Crippen LogP contribution in [-0.4, -0.2) is 23.9 Å². The van der Waals surface area contributed by atoms with Crippen molar-refractivity contribution in [3.63, 3.8) is 0 Å². The van der Waals surface area contributed by atoms with Crippen molar-refractivity contribution in [1.29, 1.82) is 5.26 Å². The Morgan fingerprint density at radius 2 is 2.11 bits per heavy atom. The van der Waals surface area contributed by atoms with E-state index in [2.05, 4.69) is 39.0 Å². The predicted octanol–water partition coefficient (Wildman–Crippen LogP) is 2.90. The molecule has 0 aliphatic carbocycles. The van der Waals surface area contributed by atoms with Crippen LogP contribution in [-0.2, 0) is 11.8 Å². The Balaban J connectivity index is 2.31. The molecule has 0 aromatic heterocycles. The third-order valence-corrected chi connectivity index (χ3v) is 3.64. The minimum Gasteiger partial charge on any atom is -0.337 e. The van der Waals surface area contributed by atoms with Crippen LogP contribution in [0.25, 0.3) is 0 Å². The zero-order valence-corrected chi connectivity index (χ0v) is 11.9. The van der Waals surface area contributed by atoms with Gasteiger partial charge in [0.2, 0.25) is 0 Å². The van der Waals surface area contributed by atoms with E-state index in [1.54, 1.807) is 4.90 Å². The maximum Gasteiger partial charge on any atom is 0.254 e. The molecule has 0 bridgehead atoms. The minimum absolute atomic E-state index is 0.0459. The van der Waals surface area contributed by atoms with Crippen molar-refractivity contribution in [2.45, 2.75) is 39.0 Å². The molecule has 0 N–H and O–H groups in total. The fourth-order valence-corrected chi connectivity index (χ4v) is 2.39. The lowest BCUT2D eigenvalue weighted by molar-refractivity contribution is 0.0743. The summed E-state index contributed by atoms with van der Waals surface area (Å²) in [4.78, 5) is 14.2. The Labute approximate surface area is 114 Å². The van der Waals surface area contributed by atoms with Crippen LogP contribution in [0.1, 0.15) is 48.7 Å².